The van der Waals surface area contributed by atoms with E-state index in [1.165, 1.54) is 22.0 Å². The Hall–Kier alpha value is -2.21. The topological polar surface area (TPSA) is 80.0 Å². The van der Waals surface area contributed by atoms with Crippen LogP contribution in [0.1, 0.15) is 34.6 Å². The third kappa shape index (κ3) is 3.42. The first kappa shape index (κ1) is 14.2. The molecule has 0 spiro atoms. The van der Waals surface area contributed by atoms with Gasteiger partial charge < -0.3 is 10.4 Å². The molecular formula is C14H18N4O2. The van der Waals surface area contributed by atoms with Gasteiger partial charge in [0.2, 0.25) is 0 Å². The first-order chi connectivity index (χ1) is 9.58. The van der Waals surface area contributed by atoms with Crippen LogP contribution in [0.3, 0.4) is 0 Å². The van der Waals surface area contributed by atoms with Gasteiger partial charge in [-0.1, -0.05) is 29.5 Å². The van der Waals surface area contributed by atoms with Gasteiger partial charge in [-0.15, -0.1) is 5.10 Å². The maximum atomic E-state index is 10.7. The Bertz CT molecular complexity index is 594. The standard InChI is InChI=1S/C14H18N4O2/c1-10-5-3-4-6-12(10)11(2)15-7-8-18-9-13(14(19)20)16-17-18/h3-6,9,11,15H,7-8H2,1-2H3,(H,19,20)/t11-/m1/s1. The number of carboxylic acid groups (broad SMARTS) is 1. The summed E-state index contributed by atoms with van der Waals surface area (Å²) in [6.07, 6.45) is 1.43. The fraction of sp³-hybridized carbons (Fsp3) is 0.357. The molecule has 0 aliphatic carbocycles. The molecule has 0 aliphatic rings. The number of hydrogen-bond acceptors (Lipinski definition) is 4. The number of benzene rings is 1. The summed E-state index contributed by atoms with van der Waals surface area (Å²) >= 11 is 0. The zero-order valence-electron chi connectivity index (χ0n) is 11.6. The highest BCUT2D eigenvalue weighted by Gasteiger charge is 2.09. The molecule has 1 heterocycles. The number of carbonyl (C=O) groups is 1. The second kappa shape index (κ2) is 6.29. The van der Waals surface area contributed by atoms with Gasteiger partial charge in [0, 0.05) is 12.6 Å². The van der Waals surface area contributed by atoms with E-state index in [0.717, 1.165) is 0 Å². The van der Waals surface area contributed by atoms with Crippen molar-refractivity contribution in [3.05, 3.63) is 47.3 Å². The molecule has 106 valence electrons. The molecule has 2 rings (SSSR count). The van der Waals surface area contributed by atoms with Crippen LogP contribution in [0.15, 0.2) is 30.5 Å². The van der Waals surface area contributed by atoms with E-state index in [1.54, 1.807) is 0 Å². The molecule has 2 aromatic rings. The average Bonchev–Trinajstić information content (AvgIpc) is 2.88. The van der Waals surface area contributed by atoms with Gasteiger partial charge in [-0.2, -0.15) is 0 Å². The molecule has 0 amide bonds. The number of aryl methyl sites for hydroxylation is 1. The monoisotopic (exact) mass is 274 g/mol. The van der Waals surface area contributed by atoms with Gasteiger partial charge in [0.05, 0.1) is 12.7 Å². The van der Waals surface area contributed by atoms with Crippen molar-refractivity contribution in [2.75, 3.05) is 6.54 Å². The summed E-state index contributed by atoms with van der Waals surface area (Å²) in [5, 5.41) is 19.5. The number of hydrogen-bond donors (Lipinski definition) is 2. The Morgan fingerprint density at radius 1 is 1.45 bits per heavy atom. The third-order valence-corrected chi connectivity index (χ3v) is 3.20. The van der Waals surface area contributed by atoms with Crippen molar-refractivity contribution in [2.45, 2.75) is 26.4 Å². The van der Waals surface area contributed by atoms with Gasteiger partial charge in [0.1, 0.15) is 0 Å². The van der Waals surface area contributed by atoms with Crippen LogP contribution in [0.4, 0.5) is 0 Å². The van der Waals surface area contributed by atoms with Crippen LogP contribution in [0, 0.1) is 6.92 Å². The van der Waals surface area contributed by atoms with Crippen LogP contribution in [-0.2, 0) is 6.54 Å². The first-order valence-corrected chi connectivity index (χ1v) is 6.50. The van der Waals surface area contributed by atoms with Crippen LogP contribution in [0.5, 0.6) is 0 Å². The van der Waals surface area contributed by atoms with Crippen LogP contribution in [-0.4, -0.2) is 32.6 Å². The van der Waals surface area contributed by atoms with E-state index in [0.29, 0.717) is 13.1 Å². The number of rotatable bonds is 6. The van der Waals surface area contributed by atoms with Crippen molar-refractivity contribution in [3.8, 4) is 0 Å². The van der Waals surface area contributed by atoms with E-state index in [2.05, 4.69) is 41.6 Å². The SMILES string of the molecule is Cc1ccccc1[C@@H](C)NCCn1cc(C(=O)O)nn1. The summed E-state index contributed by atoms with van der Waals surface area (Å²) in [6, 6.07) is 8.47. The second-order valence-corrected chi connectivity index (χ2v) is 4.70. The maximum Gasteiger partial charge on any atom is 0.358 e. The van der Waals surface area contributed by atoms with E-state index in [-0.39, 0.29) is 11.7 Å². The predicted octanol–water partition coefficient (Wildman–Crippen LogP) is 1.64. The Balaban J connectivity index is 1.86. The van der Waals surface area contributed by atoms with Gasteiger partial charge in [0.25, 0.3) is 0 Å². The van der Waals surface area contributed by atoms with Crippen molar-refractivity contribution in [1.82, 2.24) is 20.3 Å². The molecule has 0 unspecified atom stereocenters. The molecule has 1 aromatic heterocycles. The Morgan fingerprint density at radius 2 is 2.20 bits per heavy atom. The lowest BCUT2D eigenvalue weighted by atomic mass is 10.0. The molecule has 2 N–H and O–H groups in total. The zero-order valence-corrected chi connectivity index (χ0v) is 11.6. The summed E-state index contributed by atoms with van der Waals surface area (Å²) < 4.78 is 1.53. The third-order valence-electron chi connectivity index (χ3n) is 3.20. The van der Waals surface area contributed by atoms with Crippen LogP contribution < -0.4 is 5.32 Å². The van der Waals surface area contributed by atoms with Crippen molar-refractivity contribution >= 4 is 5.97 Å². The minimum Gasteiger partial charge on any atom is -0.476 e. The largest absolute Gasteiger partial charge is 0.476 e. The number of aromatic carboxylic acids is 1. The maximum absolute atomic E-state index is 10.7. The average molecular weight is 274 g/mol. The van der Waals surface area contributed by atoms with Crippen molar-refractivity contribution in [1.29, 1.82) is 0 Å². The van der Waals surface area contributed by atoms with Crippen molar-refractivity contribution < 1.29 is 9.90 Å². The number of nitrogens with zero attached hydrogens (tertiary/aromatic N) is 3. The molecule has 0 saturated heterocycles. The summed E-state index contributed by atoms with van der Waals surface area (Å²) in [7, 11) is 0. The molecule has 1 aromatic carbocycles. The van der Waals surface area contributed by atoms with E-state index in [1.807, 2.05) is 12.1 Å². The minimum absolute atomic E-state index is 0.0306. The summed E-state index contributed by atoms with van der Waals surface area (Å²) in [6.45, 7) is 5.46. The summed E-state index contributed by atoms with van der Waals surface area (Å²) in [5.74, 6) is -1.06. The molecule has 0 radical (unpaired) electrons. The molecule has 1 atom stereocenters. The van der Waals surface area contributed by atoms with E-state index >= 15 is 0 Å². The molecule has 6 heteroatoms. The highest BCUT2D eigenvalue weighted by Crippen LogP contribution is 2.16. The second-order valence-electron chi connectivity index (χ2n) is 4.70. The lowest BCUT2D eigenvalue weighted by Crippen LogP contribution is -2.24. The van der Waals surface area contributed by atoms with Crippen LogP contribution in [0.2, 0.25) is 0 Å². The highest BCUT2D eigenvalue weighted by atomic mass is 16.4. The fourth-order valence-corrected chi connectivity index (χ4v) is 2.08. The van der Waals surface area contributed by atoms with Crippen LogP contribution in [0.25, 0.3) is 0 Å². The fourth-order valence-electron chi connectivity index (χ4n) is 2.08. The van der Waals surface area contributed by atoms with Gasteiger partial charge in [-0.05, 0) is 25.0 Å². The number of aromatic nitrogens is 3. The molecule has 6 nitrogen and oxygen atoms in total. The van der Waals surface area contributed by atoms with Crippen molar-refractivity contribution in [2.24, 2.45) is 0 Å². The van der Waals surface area contributed by atoms with Gasteiger partial charge >= 0.3 is 5.97 Å². The van der Waals surface area contributed by atoms with E-state index < -0.39 is 5.97 Å². The molecule has 0 aliphatic heterocycles. The van der Waals surface area contributed by atoms with E-state index in [4.69, 9.17) is 5.11 Å². The lowest BCUT2D eigenvalue weighted by Gasteiger charge is -2.16. The first-order valence-electron chi connectivity index (χ1n) is 6.50. The highest BCUT2D eigenvalue weighted by molar-refractivity contribution is 5.84. The van der Waals surface area contributed by atoms with Gasteiger partial charge in [0.15, 0.2) is 5.69 Å². The molecule has 0 bridgehead atoms. The van der Waals surface area contributed by atoms with Gasteiger partial charge in [-0.25, -0.2) is 4.79 Å². The Kier molecular flexibility index (Phi) is 4.47. The van der Waals surface area contributed by atoms with Crippen LogP contribution >= 0.6 is 0 Å². The normalized spacial score (nSPS) is 12.3. The predicted molar refractivity (Wildman–Crippen MR) is 74.6 cm³/mol. The summed E-state index contributed by atoms with van der Waals surface area (Å²) in [4.78, 5) is 10.7. The molecule has 0 saturated carbocycles. The smallest absolute Gasteiger partial charge is 0.358 e. The summed E-state index contributed by atoms with van der Waals surface area (Å²) in [5.41, 5.74) is 2.48. The molecule has 20 heavy (non-hydrogen) atoms. The minimum atomic E-state index is -1.06. The van der Waals surface area contributed by atoms with E-state index in [9.17, 15) is 4.79 Å². The van der Waals surface area contributed by atoms with Crippen molar-refractivity contribution in [3.63, 3.8) is 0 Å². The number of nitrogens with one attached hydrogen (secondary N) is 1. The quantitative estimate of drug-likeness (QED) is 0.837. The Morgan fingerprint density at radius 3 is 2.85 bits per heavy atom. The number of carboxylic acids is 1. The Labute approximate surface area is 117 Å². The molecular weight excluding hydrogens is 256 g/mol. The zero-order chi connectivity index (χ0) is 14.5. The van der Waals surface area contributed by atoms with Gasteiger partial charge in [-0.3, -0.25) is 4.68 Å². The molecule has 0 fully saturated rings. The lowest BCUT2D eigenvalue weighted by molar-refractivity contribution is 0.0690.